The van der Waals surface area contributed by atoms with Crippen LogP contribution < -0.4 is 14.8 Å². The van der Waals surface area contributed by atoms with Crippen molar-refractivity contribution in [3.63, 3.8) is 0 Å². The number of carbonyl (C=O) groups excluding carboxylic acids is 1. The van der Waals surface area contributed by atoms with E-state index in [4.69, 9.17) is 4.74 Å². The summed E-state index contributed by atoms with van der Waals surface area (Å²) in [6.45, 7) is 1.93. The minimum Gasteiger partial charge on any atom is -0.436 e. The third kappa shape index (κ3) is 4.62. The SMILES string of the molecule is CCS(=O)(=O)N[C@@H]1[C@@H]2Cc3cccc(c3F)Oc3nc(ccc3C)CNC(=O)N2CC1(F)F. The zero-order chi connectivity index (χ0) is 24.0. The van der Waals surface area contributed by atoms with E-state index >= 15 is 4.39 Å². The lowest BCUT2D eigenvalue weighted by Gasteiger charge is -2.28. The smallest absolute Gasteiger partial charge is 0.318 e. The van der Waals surface area contributed by atoms with E-state index in [9.17, 15) is 22.0 Å². The maximum absolute atomic E-state index is 15.3. The molecule has 1 aromatic heterocycles. The average molecular weight is 485 g/mol. The Labute approximate surface area is 189 Å². The number of sulfonamides is 1. The van der Waals surface area contributed by atoms with Gasteiger partial charge in [-0.05, 0) is 38.0 Å². The molecule has 2 aliphatic rings. The van der Waals surface area contributed by atoms with Crippen molar-refractivity contribution in [3.8, 4) is 11.6 Å². The zero-order valence-electron chi connectivity index (χ0n) is 17.9. The topological polar surface area (TPSA) is 101 Å². The minimum atomic E-state index is -4.04. The molecule has 0 radical (unpaired) electrons. The lowest BCUT2D eigenvalue weighted by atomic mass is 9.98. The second kappa shape index (κ2) is 8.49. The molecule has 2 aliphatic heterocycles. The number of nitrogens with zero attached hydrogens (tertiary/aromatic N) is 2. The number of fused-ring (bicyclic) bond motifs is 5. The summed E-state index contributed by atoms with van der Waals surface area (Å²) in [7, 11) is -4.04. The lowest BCUT2D eigenvalue weighted by Crippen LogP contribution is -2.53. The maximum Gasteiger partial charge on any atom is 0.318 e. The van der Waals surface area contributed by atoms with Gasteiger partial charge in [-0.1, -0.05) is 18.2 Å². The highest BCUT2D eigenvalue weighted by atomic mass is 32.2. The normalized spacial score (nSPS) is 22.3. The number of hydrogen-bond donors (Lipinski definition) is 2. The van der Waals surface area contributed by atoms with Crippen LogP contribution in [0, 0.1) is 12.7 Å². The van der Waals surface area contributed by atoms with Gasteiger partial charge in [-0.3, -0.25) is 0 Å². The Morgan fingerprint density at radius 2 is 2.06 bits per heavy atom. The molecule has 4 rings (SSSR count). The number of alkyl halides is 2. The number of aromatic nitrogens is 1. The van der Waals surface area contributed by atoms with Gasteiger partial charge in [0.2, 0.25) is 15.9 Å². The van der Waals surface area contributed by atoms with Crippen LogP contribution in [0.2, 0.25) is 0 Å². The standard InChI is InChI=1S/C21H23F3N4O4S/c1-3-33(30,31)27-18-15-9-13-5-4-6-16(17(13)22)32-19-12(2)7-8-14(26-19)10-25-20(29)28(15)11-21(18,23)24/h4-8,15,18,27H,3,9-11H2,1-2H3,(H,25,29)/t15-,18+/m0/s1. The number of carbonyl (C=O) groups is 1. The number of nitrogens with one attached hydrogen (secondary N) is 2. The summed E-state index contributed by atoms with van der Waals surface area (Å²) in [5.74, 6) is -4.78. The van der Waals surface area contributed by atoms with Gasteiger partial charge >= 0.3 is 6.03 Å². The molecule has 1 saturated heterocycles. The number of aryl methyl sites for hydroxylation is 1. The van der Waals surface area contributed by atoms with Crippen LogP contribution in [-0.4, -0.2) is 54.6 Å². The molecule has 2 atom stereocenters. The molecule has 2 aromatic rings. The van der Waals surface area contributed by atoms with E-state index in [1.165, 1.54) is 25.1 Å². The number of pyridine rings is 1. The Morgan fingerprint density at radius 1 is 1.30 bits per heavy atom. The summed E-state index contributed by atoms with van der Waals surface area (Å²) >= 11 is 0. The monoisotopic (exact) mass is 484 g/mol. The van der Waals surface area contributed by atoms with Crippen LogP contribution in [0.15, 0.2) is 30.3 Å². The molecule has 0 aliphatic carbocycles. The van der Waals surface area contributed by atoms with Gasteiger partial charge in [0.05, 0.1) is 30.6 Å². The van der Waals surface area contributed by atoms with Gasteiger partial charge < -0.3 is 15.0 Å². The number of ether oxygens (including phenoxy) is 1. The van der Waals surface area contributed by atoms with Gasteiger partial charge in [-0.25, -0.2) is 36.1 Å². The highest BCUT2D eigenvalue weighted by Gasteiger charge is 2.57. The van der Waals surface area contributed by atoms with Gasteiger partial charge in [0.1, 0.15) is 6.04 Å². The fourth-order valence-electron chi connectivity index (χ4n) is 3.94. The molecule has 4 bridgehead atoms. The summed E-state index contributed by atoms with van der Waals surface area (Å²) in [5.41, 5.74) is 1.02. The second-order valence-corrected chi connectivity index (χ2v) is 10.1. The van der Waals surface area contributed by atoms with E-state index in [2.05, 4.69) is 10.3 Å². The van der Waals surface area contributed by atoms with Crippen LogP contribution >= 0.6 is 0 Å². The van der Waals surface area contributed by atoms with Crippen molar-refractivity contribution in [1.29, 1.82) is 0 Å². The number of urea groups is 1. The lowest BCUT2D eigenvalue weighted by molar-refractivity contribution is -0.00456. The minimum absolute atomic E-state index is 0.00162. The Bertz CT molecular complexity index is 1190. The van der Waals surface area contributed by atoms with Crippen molar-refractivity contribution in [3.05, 3.63) is 53.0 Å². The summed E-state index contributed by atoms with van der Waals surface area (Å²) in [4.78, 5) is 18.0. The first-order valence-electron chi connectivity index (χ1n) is 10.3. The number of halogens is 3. The number of hydrogen-bond acceptors (Lipinski definition) is 5. The molecule has 8 nitrogen and oxygen atoms in total. The zero-order valence-corrected chi connectivity index (χ0v) is 18.8. The van der Waals surface area contributed by atoms with E-state index in [0.717, 1.165) is 4.90 Å². The molecule has 2 N–H and O–H groups in total. The summed E-state index contributed by atoms with van der Waals surface area (Å²) in [6.07, 6.45) is -0.354. The Morgan fingerprint density at radius 3 is 2.79 bits per heavy atom. The molecule has 1 fully saturated rings. The first-order chi connectivity index (χ1) is 15.5. The molecule has 0 unspecified atom stereocenters. The molecule has 178 valence electrons. The van der Waals surface area contributed by atoms with Crippen LogP contribution in [0.5, 0.6) is 11.6 Å². The van der Waals surface area contributed by atoms with Crippen molar-refractivity contribution >= 4 is 16.1 Å². The number of rotatable bonds is 3. The molecular formula is C21H23F3N4O4S. The predicted molar refractivity (Wildman–Crippen MR) is 113 cm³/mol. The van der Waals surface area contributed by atoms with E-state index < -0.39 is 52.2 Å². The van der Waals surface area contributed by atoms with Crippen molar-refractivity contribution in [1.82, 2.24) is 19.9 Å². The number of benzene rings is 1. The largest absolute Gasteiger partial charge is 0.436 e. The third-order valence-electron chi connectivity index (χ3n) is 5.78. The van der Waals surface area contributed by atoms with Crippen molar-refractivity contribution < 1.29 is 31.1 Å². The van der Waals surface area contributed by atoms with Gasteiger partial charge in [-0.2, -0.15) is 0 Å². The molecule has 3 heterocycles. The molecule has 0 saturated carbocycles. The second-order valence-electron chi connectivity index (χ2n) is 8.07. The average Bonchev–Trinajstić information content (AvgIpc) is 3.00. The molecule has 33 heavy (non-hydrogen) atoms. The summed E-state index contributed by atoms with van der Waals surface area (Å²) in [5, 5.41) is 2.54. The van der Waals surface area contributed by atoms with Gasteiger partial charge in [0.15, 0.2) is 11.6 Å². The Hall–Kier alpha value is -2.86. The Kier molecular flexibility index (Phi) is 5.99. The fraction of sp³-hybridized carbons (Fsp3) is 0.429. The highest BCUT2D eigenvalue weighted by molar-refractivity contribution is 7.89. The predicted octanol–water partition coefficient (Wildman–Crippen LogP) is 2.71. The molecule has 0 spiro atoms. The first-order valence-corrected chi connectivity index (χ1v) is 12.0. The highest BCUT2D eigenvalue weighted by Crippen LogP contribution is 2.37. The van der Waals surface area contributed by atoms with Crippen LogP contribution in [0.4, 0.5) is 18.0 Å². The number of amides is 2. The van der Waals surface area contributed by atoms with Crippen molar-refractivity contribution in [2.75, 3.05) is 12.3 Å². The van der Waals surface area contributed by atoms with Crippen LogP contribution in [0.3, 0.4) is 0 Å². The Balaban J connectivity index is 1.81. The van der Waals surface area contributed by atoms with Gasteiger partial charge in [0, 0.05) is 5.56 Å². The van der Waals surface area contributed by atoms with Crippen LogP contribution in [-0.2, 0) is 23.0 Å². The third-order valence-corrected chi connectivity index (χ3v) is 7.15. The maximum atomic E-state index is 15.3. The molecular weight excluding hydrogens is 461 g/mol. The van der Waals surface area contributed by atoms with E-state index in [0.29, 0.717) is 11.3 Å². The quantitative estimate of drug-likeness (QED) is 0.698. The molecule has 2 amide bonds. The van der Waals surface area contributed by atoms with Gasteiger partial charge in [-0.15, -0.1) is 0 Å². The summed E-state index contributed by atoms with van der Waals surface area (Å²) in [6, 6.07) is 3.48. The van der Waals surface area contributed by atoms with Gasteiger partial charge in [0.25, 0.3) is 5.92 Å². The molecule has 1 aromatic carbocycles. The molecule has 12 heteroatoms. The van der Waals surface area contributed by atoms with Crippen molar-refractivity contribution in [2.45, 2.75) is 44.8 Å². The fourth-order valence-corrected chi connectivity index (χ4v) is 4.82. The van der Waals surface area contributed by atoms with Crippen LogP contribution in [0.25, 0.3) is 0 Å². The van der Waals surface area contributed by atoms with E-state index in [-0.39, 0.29) is 30.2 Å². The van der Waals surface area contributed by atoms with E-state index in [1.807, 2.05) is 4.72 Å². The first kappa shape index (κ1) is 23.3. The summed E-state index contributed by atoms with van der Waals surface area (Å²) < 4.78 is 77.2. The van der Waals surface area contributed by atoms with E-state index in [1.54, 1.807) is 19.1 Å². The van der Waals surface area contributed by atoms with Crippen LogP contribution in [0.1, 0.15) is 23.7 Å². The van der Waals surface area contributed by atoms with Crippen molar-refractivity contribution in [2.24, 2.45) is 0 Å².